The number of benzene rings is 1. The van der Waals surface area contributed by atoms with Crippen LogP contribution in [0.1, 0.15) is 54.9 Å². The van der Waals surface area contributed by atoms with Crippen LogP contribution in [0.2, 0.25) is 0 Å². The van der Waals surface area contributed by atoms with Gasteiger partial charge in [-0.1, -0.05) is 31.5 Å². The van der Waals surface area contributed by atoms with Crippen LogP contribution in [0.3, 0.4) is 0 Å². The van der Waals surface area contributed by atoms with E-state index in [-0.39, 0.29) is 0 Å². The fraction of sp³-hybridized carbons (Fsp3) is 0.500. The molecule has 1 saturated carbocycles. The van der Waals surface area contributed by atoms with Gasteiger partial charge in [-0.05, 0) is 50.2 Å². The SMILES string of the molecule is CCC1CC[C](OOC(=O)c2ccccc2C)CC1. The van der Waals surface area contributed by atoms with E-state index in [1.54, 1.807) is 6.07 Å². The zero-order chi connectivity index (χ0) is 13.7. The first kappa shape index (κ1) is 14.1. The lowest BCUT2D eigenvalue weighted by molar-refractivity contribution is -0.240. The smallest absolute Gasteiger partial charge is 0.292 e. The molecule has 1 aromatic rings. The zero-order valence-electron chi connectivity index (χ0n) is 11.6. The molecule has 0 aliphatic heterocycles. The minimum atomic E-state index is -0.414. The van der Waals surface area contributed by atoms with E-state index in [1.807, 2.05) is 25.1 Å². The van der Waals surface area contributed by atoms with Gasteiger partial charge < -0.3 is 0 Å². The van der Waals surface area contributed by atoms with Gasteiger partial charge in [0, 0.05) is 0 Å². The monoisotopic (exact) mass is 261 g/mol. The third-order valence-electron chi connectivity index (χ3n) is 3.84. The Morgan fingerprint density at radius 2 is 1.95 bits per heavy atom. The Morgan fingerprint density at radius 3 is 2.58 bits per heavy atom. The zero-order valence-corrected chi connectivity index (χ0v) is 11.6. The molecule has 0 aromatic heterocycles. The quantitative estimate of drug-likeness (QED) is 0.601. The highest BCUT2D eigenvalue weighted by Gasteiger charge is 2.24. The third-order valence-corrected chi connectivity index (χ3v) is 3.84. The van der Waals surface area contributed by atoms with Crippen LogP contribution in [-0.2, 0) is 9.78 Å². The van der Waals surface area contributed by atoms with E-state index >= 15 is 0 Å². The topological polar surface area (TPSA) is 35.5 Å². The molecular weight excluding hydrogens is 240 g/mol. The van der Waals surface area contributed by atoms with Crippen LogP contribution in [0.25, 0.3) is 0 Å². The van der Waals surface area contributed by atoms with Gasteiger partial charge in [-0.25, -0.2) is 4.79 Å². The van der Waals surface area contributed by atoms with E-state index in [2.05, 4.69) is 6.92 Å². The van der Waals surface area contributed by atoms with Crippen LogP contribution >= 0.6 is 0 Å². The van der Waals surface area contributed by atoms with Gasteiger partial charge >= 0.3 is 5.97 Å². The molecule has 0 unspecified atom stereocenters. The van der Waals surface area contributed by atoms with Crippen LogP contribution < -0.4 is 0 Å². The summed E-state index contributed by atoms with van der Waals surface area (Å²) < 4.78 is 0. The molecule has 1 fully saturated rings. The molecule has 2 rings (SSSR count). The maximum atomic E-state index is 11.9. The molecule has 0 N–H and O–H groups in total. The summed E-state index contributed by atoms with van der Waals surface area (Å²) in [4.78, 5) is 22.0. The molecule has 1 radical (unpaired) electrons. The minimum absolute atomic E-state index is 0.414. The summed E-state index contributed by atoms with van der Waals surface area (Å²) in [6.45, 7) is 4.10. The van der Waals surface area contributed by atoms with Gasteiger partial charge in [0.2, 0.25) is 0 Å². The molecule has 1 aliphatic carbocycles. The van der Waals surface area contributed by atoms with Crippen molar-refractivity contribution in [1.82, 2.24) is 0 Å². The highest BCUT2D eigenvalue weighted by molar-refractivity contribution is 5.90. The second-order valence-corrected chi connectivity index (χ2v) is 5.16. The number of aryl methyl sites for hydroxylation is 1. The van der Waals surface area contributed by atoms with Crippen molar-refractivity contribution in [3.8, 4) is 0 Å². The Kier molecular flexibility index (Phi) is 4.97. The maximum Gasteiger partial charge on any atom is 0.373 e. The van der Waals surface area contributed by atoms with Gasteiger partial charge in [-0.15, -0.1) is 0 Å². The summed E-state index contributed by atoms with van der Waals surface area (Å²) in [5.41, 5.74) is 1.46. The largest absolute Gasteiger partial charge is 0.373 e. The summed E-state index contributed by atoms with van der Waals surface area (Å²) in [6.07, 6.45) is 6.18. The van der Waals surface area contributed by atoms with Crippen LogP contribution in [0.5, 0.6) is 0 Å². The first-order chi connectivity index (χ1) is 9.20. The number of carbonyl (C=O) groups excluding carboxylic acids is 1. The molecule has 0 heterocycles. The first-order valence-corrected chi connectivity index (χ1v) is 7.00. The molecule has 103 valence electrons. The lowest BCUT2D eigenvalue weighted by Crippen LogP contribution is -2.17. The van der Waals surface area contributed by atoms with Crippen molar-refractivity contribution in [3.63, 3.8) is 0 Å². The molecule has 1 aromatic carbocycles. The number of carbonyl (C=O) groups is 1. The van der Waals surface area contributed by atoms with Crippen molar-refractivity contribution < 1.29 is 14.6 Å². The van der Waals surface area contributed by atoms with Crippen LogP contribution in [0, 0.1) is 18.9 Å². The van der Waals surface area contributed by atoms with Crippen molar-refractivity contribution in [2.75, 3.05) is 0 Å². The standard InChI is InChI=1S/C16H21O3/c1-3-13-8-10-14(11-9-13)18-19-16(17)15-7-5-4-6-12(15)2/h4-7,13H,3,8-11H2,1-2H3. The van der Waals surface area contributed by atoms with Crippen LogP contribution in [-0.4, -0.2) is 5.97 Å². The predicted molar refractivity (Wildman–Crippen MR) is 73.2 cm³/mol. The summed E-state index contributed by atoms with van der Waals surface area (Å²) in [5.74, 6) is 0.377. The second-order valence-electron chi connectivity index (χ2n) is 5.16. The average molecular weight is 261 g/mol. The molecule has 0 bridgehead atoms. The summed E-state index contributed by atoms with van der Waals surface area (Å²) in [5, 5.41) is 0. The van der Waals surface area contributed by atoms with E-state index in [1.165, 1.54) is 6.42 Å². The second kappa shape index (κ2) is 6.71. The number of hydrogen-bond donors (Lipinski definition) is 0. The number of rotatable bonds is 4. The van der Waals surface area contributed by atoms with E-state index in [0.717, 1.165) is 43.3 Å². The van der Waals surface area contributed by atoms with Crippen molar-refractivity contribution in [1.29, 1.82) is 0 Å². The highest BCUT2D eigenvalue weighted by atomic mass is 17.2. The van der Waals surface area contributed by atoms with E-state index in [9.17, 15) is 4.79 Å². The predicted octanol–water partition coefficient (Wildman–Crippen LogP) is 4.22. The molecule has 0 spiro atoms. The van der Waals surface area contributed by atoms with E-state index < -0.39 is 5.97 Å². The van der Waals surface area contributed by atoms with Crippen molar-refractivity contribution >= 4 is 5.97 Å². The average Bonchev–Trinajstić information content (AvgIpc) is 2.46. The first-order valence-electron chi connectivity index (χ1n) is 7.00. The van der Waals surface area contributed by atoms with Gasteiger partial charge in [-0.3, -0.25) is 4.89 Å². The highest BCUT2D eigenvalue weighted by Crippen LogP contribution is 2.32. The summed E-state index contributed by atoms with van der Waals surface area (Å²) >= 11 is 0. The Morgan fingerprint density at radius 1 is 1.26 bits per heavy atom. The van der Waals surface area contributed by atoms with Gasteiger partial charge in [0.15, 0.2) is 0 Å². The van der Waals surface area contributed by atoms with Crippen LogP contribution in [0.15, 0.2) is 24.3 Å². The molecule has 0 saturated heterocycles. The normalized spacial score (nSPS) is 17.4. The molecule has 3 nitrogen and oxygen atoms in total. The lowest BCUT2D eigenvalue weighted by atomic mass is 9.86. The Hall–Kier alpha value is -1.35. The van der Waals surface area contributed by atoms with E-state index in [0.29, 0.717) is 5.56 Å². The Balaban J connectivity index is 1.80. The summed E-state index contributed by atoms with van der Waals surface area (Å²) in [6, 6.07) is 7.35. The Bertz CT molecular complexity index is 420. The Labute approximate surface area is 114 Å². The summed E-state index contributed by atoms with van der Waals surface area (Å²) in [7, 11) is 0. The van der Waals surface area contributed by atoms with Crippen molar-refractivity contribution in [2.45, 2.75) is 46.0 Å². The van der Waals surface area contributed by atoms with Crippen molar-refractivity contribution in [3.05, 3.63) is 41.5 Å². The molecule has 0 atom stereocenters. The molecule has 1 aliphatic rings. The van der Waals surface area contributed by atoms with Gasteiger partial charge in [-0.2, -0.15) is 4.89 Å². The van der Waals surface area contributed by atoms with Gasteiger partial charge in [0.05, 0.1) is 5.56 Å². The molecule has 0 amide bonds. The van der Waals surface area contributed by atoms with Crippen LogP contribution in [0.4, 0.5) is 0 Å². The minimum Gasteiger partial charge on any atom is -0.292 e. The molecule has 19 heavy (non-hydrogen) atoms. The lowest BCUT2D eigenvalue weighted by Gasteiger charge is -2.25. The maximum absolute atomic E-state index is 11.9. The van der Waals surface area contributed by atoms with Gasteiger partial charge in [0.25, 0.3) is 0 Å². The van der Waals surface area contributed by atoms with E-state index in [4.69, 9.17) is 9.78 Å². The fourth-order valence-corrected chi connectivity index (χ4v) is 2.43. The fourth-order valence-electron chi connectivity index (χ4n) is 2.43. The third kappa shape index (κ3) is 3.80. The van der Waals surface area contributed by atoms with Crippen molar-refractivity contribution in [2.24, 2.45) is 5.92 Å². The molecular formula is C16H21O3. The van der Waals surface area contributed by atoms with Gasteiger partial charge in [0.1, 0.15) is 6.10 Å². The molecule has 3 heteroatoms. The number of hydrogen-bond acceptors (Lipinski definition) is 3.